The van der Waals surface area contributed by atoms with Gasteiger partial charge in [0.25, 0.3) is 5.56 Å². The highest BCUT2D eigenvalue weighted by Gasteiger charge is 2.31. The number of aliphatic hydroxyl groups excluding tert-OH is 1. The number of nitrogens with zero attached hydrogens (tertiary/aromatic N) is 2. The maximum Gasteiger partial charge on any atom is 0.416 e. The second kappa shape index (κ2) is 7.16. The number of halogens is 3. The van der Waals surface area contributed by atoms with E-state index in [0.29, 0.717) is 13.0 Å². The van der Waals surface area contributed by atoms with Gasteiger partial charge >= 0.3 is 6.18 Å². The van der Waals surface area contributed by atoms with E-state index >= 15 is 0 Å². The van der Waals surface area contributed by atoms with Crippen molar-refractivity contribution in [1.29, 1.82) is 0 Å². The predicted molar refractivity (Wildman–Crippen MR) is 87.7 cm³/mol. The monoisotopic (exact) mass is 369 g/mol. The zero-order valence-corrected chi connectivity index (χ0v) is 13.8. The number of hydrogen-bond acceptors (Lipinski definition) is 5. The third-order valence-electron chi connectivity index (χ3n) is 4.49. The molecule has 1 aliphatic heterocycles. The van der Waals surface area contributed by atoms with Crippen LogP contribution in [0.25, 0.3) is 10.9 Å². The lowest BCUT2D eigenvalue weighted by Crippen LogP contribution is -2.46. The molecule has 0 bridgehead atoms. The van der Waals surface area contributed by atoms with Crippen LogP contribution >= 0.6 is 0 Å². The van der Waals surface area contributed by atoms with Crippen LogP contribution in [-0.2, 0) is 17.5 Å². The largest absolute Gasteiger partial charge is 0.416 e. The van der Waals surface area contributed by atoms with Gasteiger partial charge in [0.15, 0.2) is 5.78 Å². The predicted octanol–water partition coefficient (Wildman–Crippen LogP) is 1.49. The molecule has 0 radical (unpaired) electrons. The molecule has 0 saturated carbocycles. The van der Waals surface area contributed by atoms with Crippen LogP contribution in [0.3, 0.4) is 0 Å². The number of carbonyl (C=O) groups is 1. The number of nitrogens with one attached hydrogen (secondary N) is 1. The van der Waals surface area contributed by atoms with Crippen LogP contribution in [0, 0.1) is 0 Å². The molecule has 2 aromatic rings. The first-order valence-electron chi connectivity index (χ1n) is 8.25. The van der Waals surface area contributed by atoms with E-state index in [2.05, 4.69) is 10.3 Å². The first kappa shape index (κ1) is 18.5. The highest BCUT2D eigenvalue weighted by molar-refractivity contribution is 5.81. The summed E-state index contributed by atoms with van der Waals surface area (Å²) in [7, 11) is 0. The van der Waals surface area contributed by atoms with E-state index in [9.17, 15) is 27.9 Å². The quantitative estimate of drug-likeness (QED) is 0.853. The fraction of sp³-hybridized carbons (Fsp3) is 0.471. The molecule has 0 amide bonds. The van der Waals surface area contributed by atoms with Crippen LogP contribution < -0.4 is 10.9 Å². The van der Waals surface area contributed by atoms with Crippen molar-refractivity contribution >= 4 is 16.7 Å². The summed E-state index contributed by atoms with van der Waals surface area (Å²) in [4.78, 5) is 28.6. The van der Waals surface area contributed by atoms with Crippen molar-refractivity contribution in [3.63, 3.8) is 0 Å². The Balaban J connectivity index is 1.82. The zero-order valence-electron chi connectivity index (χ0n) is 13.8. The van der Waals surface area contributed by atoms with Gasteiger partial charge in [-0.05, 0) is 37.6 Å². The van der Waals surface area contributed by atoms with Gasteiger partial charge in [-0.1, -0.05) is 0 Å². The molecule has 1 saturated heterocycles. The first-order chi connectivity index (χ1) is 12.3. The van der Waals surface area contributed by atoms with Crippen molar-refractivity contribution in [2.75, 3.05) is 6.54 Å². The lowest BCUT2D eigenvalue weighted by molar-refractivity contribution is -0.137. The van der Waals surface area contributed by atoms with Gasteiger partial charge in [0, 0.05) is 12.5 Å². The molecule has 1 aliphatic rings. The molecule has 0 unspecified atom stereocenters. The van der Waals surface area contributed by atoms with Gasteiger partial charge in [-0.2, -0.15) is 13.2 Å². The maximum atomic E-state index is 12.8. The van der Waals surface area contributed by atoms with Crippen molar-refractivity contribution in [3.8, 4) is 0 Å². The van der Waals surface area contributed by atoms with E-state index in [0.717, 1.165) is 35.5 Å². The molecule has 1 aromatic carbocycles. The minimum Gasteiger partial charge on any atom is -0.391 e. The number of hydrogen-bond donors (Lipinski definition) is 2. The zero-order chi connectivity index (χ0) is 18.9. The van der Waals surface area contributed by atoms with E-state index in [-0.39, 0.29) is 35.7 Å². The molecule has 2 N–H and O–H groups in total. The van der Waals surface area contributed by atoms with Crippen LogP contribution in [0.15, 0.2) is 29.3 Å². The number of rotatable bonds is 4. The third kappa shape index (κ3) is 3.94. The molecule has 0 spiro atoms. The summed E-state index contributed by atoms with van der Waals surface area (Å²) in [5.74, 6) is -0.307. The molecule has 140 valence electrons. The molecule has 2 atom stereocenters. The van der Waals surface area contributed by atoms with Gasteiger partial charge in [0.05, 0.1) is 35.4 Å². The Kier molecular flexibility index (Phi) is 5.10. The van der Waals surface area contributed by atoms with Crippen molar-refractivity contribution in [3.05, 3.63) is 40.4 Å². The molecule has 1 fully saturated rings. The lowest BCUT2D eigenvalue weighted by Gasteiger charge is -2.28. The van der Waals surface area contributed by atoms with E-state index in [1.165, 1.54) is 0 Å². The Morgan fingerprint density at radius 2 is 2.15 bits per heavy atom. The summed E-state index contributed by atoms with van der Waals surface area (Å²) in [6.07, 6.45) is -2.59. The van der Waals surface area contributed by atoms with Crippen molar-refractivity contribution in [1.82, 2.24) is 14.9 Å². The van der Waals surface area contributed by atoms with Crippen LogP contribution in [0.5, 0.6) is 0 Å². The standard InChI is InChI=1S/C17H18F3N3O3/c18-17(19,20)10-3-4-13-12(6-10)16(26)23(9-22-13)8-11(24)7-14-15(25)2-1-5-21-14/h3-4,6,9,14-15,21,25H,1-2,5,7-8H2/t14-,15+/m0/s1. The van der Waals surface area contributed by atoms with Crippen molar-refractivity contribution in [2.45, 2.75) is 44.1 Å². The molecule has 2 heterocycles. The molecule has 1 aromatic heterocycles. The highest BCUT2D eigenvalue weighted by atomic mass is 19.4. The molecule has 3 rings (SSSR count). The summed E-state index contributed by atoms with van der Waals surface area (Å²) < 4.78 is 39.5. The molecule has 0 aliphatic carbocycles. The number of ketones is 1. The average molecular weight is 369 g/mol. The maximum absolute atomic E-state index is 12.8. The highest BCUT2D eigenvalue weighted by Crippen LogP contribution is 2.30. The fourth-order valence-corrected chi connectivity index (χ4v) is 3.09. The number of aromatic nitrogens is 2. The topological polar surface area (TPSA) is 84.2 Å². The summed E-state index contributed by atoms with van der Waals surface area (Å²) >= 11 is 0. The normalized spacial score (nSPS) is 21.1. The summed E-state index contributed by atoms with van der Waals surface area (Å²) in [6, 6.07) is 2.36. The van der Waals surface area contributed by atoms with Gasteiger partial charge in [0.1, 0.15) is 0 Å². The second-order valence-corrected chi connectivity index (χ2v) is 6.42. The van der Waals surface area contributed by atoms with Gasteiger partial charge in [0.2, 0.25) is 0 Å². The van der Waals surface area contributed by atoms with Crippen LogP contribution in [-0.4, -0.2) is 39.1 Å². The number of aliphatic hydroxyl groups is 1. The SMILES string of the molecule is O=C(C[C@@H]1NCCC[C@H]1O)Cn1cnc2ccc(C(F)(F)F)cc2c1=O. The fourth-order valence-electron chi connectivity index (χ4n) is 3.09. The number of benzene rings is 1. The first-order valence-corrected chi connectivity index (χ1v) is 8.25. The van der Waals surface area contributed by atoms with Gasteiger partial charge in [-0.25, -0.2) is 4.98 Å². The number of carbonyl (C=O) groups excluding carboxylic acids is 1. The molecule has 26 heavy (non-hydrogen) atoms. The Morgan fingerprint density at radius 1 is 1.38 bits per heavy atom. The molecule has 6 nitrogen and oxygen atoms in total. The Labute approximate surface area is 146 Å². The minimum atomic E-state index is -4.57. The van der Waals surface area contributed by atoms with E-state index in [1.807, 2.05) is 0 Å². The number of alkyl halides is 3. The van der Waals surface area contributed by atoms with Crippen LogP contribution in [0.2, 0.25) is 0 Å². The van der Waals surface area contributed by atoms with Gasteiger partial charge in [-0.15, -0.1) is 0 Å². The van der Waals surface area contributed by atoms with Crippen molar-refractivity contribution in [2.24, 2.45) is 0 Å². The summed E-state index contributed by atoms with van der Waals surface area (Å²) in [5, 5.41) is 12.8. The molecular formula is C17H18F3N3O3. The average Bonchev–Trinajstić information content (AvgIpc) is 2.58. The molecule has 9 heteroatoms. The summed E-state index contributed by atoms with van der Waals surface area (Å²) in [6.45, 7) is 0.398. The number of Topliss-reactive ketones (excluding diaryl/α,β-unsaturated/α-hetero) is 1. The number of piperidine rings is 1. The van der Waals surface area contributed by atoms with Crippen molar-refractivity contribution < 1.29 is 23.1 Å². The summed E-state index contributed by atoms with van der Waals surface area (Å²) in [5.41, 5.74) is -1.51. The lowest BCUT2D eigenvalue weighted by atomic mass is 9.97. The second-order valence-electron chi connectivity index (χ2n) is 6.42. The van der Waals surface area contributed by atoms with Crippen LogP contribution in [0.4, 0.5) is 13.2 Å². The molecular weight excluding hydrogens is 351 g/mol. The smallest absolute Gasteiger partial charge is 0.391 e. The van der Waals surface area contributed by atoms with Gasteiger partial charge in [-0.3, -0.25) is 14.2 Å². The third-order valence-corrected chi connectivity index (χ3v) is 4.49. The Bertz CT molecular complexity index is 879. The van der Waals surface area contributed by atoms with E-state index in [4.69, 9.17) is 0 Å². The Morgan fingerprint density at radius 3 is 2.85 bits per heavy atom. The van der Waals surface area contributed by atoms with Crippen LogP contribution in [0.1, 0.15) is 24.8 Å². The minimum absolute atomic E-state index is 0.0359. The van der Waals surface area contributed by atoms with Gasteiger partial charge < -0.3 is 10.4 Å². The van der Waals surface area contributed by atoms with E-state index in [1.54, 1.807) is 0 Å². The Hall–Kier alpha value is -2.26. The van der Waals surface area contributed by atoms with E-state index < -0.39 is 23.4 Å². The number of fused-ring (bicyclic) bond motifs is 1.